The molecule has 0 saturated heterocycles. The van der Waals surface area contributed by atoms with E-state index in [1.54, 1.807) is 0 Å². The summed E-state index contributed by atoms with van der Waals surface area (Å²) < 4.78 is 25.8. The number of phenols is 1. The van der Waals surface area contributed by atoms with Crippen molar-refractivity contribution in [1.29, 1.82) is 0 Å². The molecule has 0 fully saturated rings. The van der Waals surface area contributed by atoms with Crippen LogP contribution >= 0.6 is 15.9 Å². The number of phenolic OH excluding ortho intramolecular Hbond substituents is 1. The number of aliphatic hydroxyl groups is 1. The van der Waals surface area contributed by atoms with Gasteiger partial charge in [0.2, 0.25) is 0 Å². The lowest BCUT2D eigenvalue weighted by Crippen LogP contribution is -2.17. The molecule has 1 rings (SSSR count). The third-order valence-electron chi connectivity index (χ3n) is 1.75. The van der Waals surface area contributed by atoms with Crippen LogP contribution in [0.1, 0.15) is 11.6 Å². The van der Waals surface area contributed by atoms with Crippen LogP contribution in [0.15, 0.2) is 10.5 Å². The molecule has 78 valence electrons. The number of aromatic hydroxyl groups is 1. The number of benzene rings is 1. The van der Waals surface area contributed by atoms with E-state index in [-0.39, 0.29) is 5.56 Å². The third-order valence-corrected chi connectivity index (χ3v) is 2.47. The van der Waals surface area contributed by atoms with Crippen LogP contribution in [0.3, 0.4) is 0 Å². The second-order valence-corrected chi connectivity index (χ2v) is 3.50. The molecule has 3 nitrogen and oxygen atoms in total. The first-order valence-corrected chi connectivity index (χ1v) is 4.51. The normalized spacial score (nSPS) is 12.9. The Morgan fingerprint density at radius 1 is 1.50 bits per heavy atom. The molecule has 0 radical (unpaired) electrons. The Balaban J connectivity index is 3.36. The molecule has 6 heteroatoms. The Morgan fingerprint density at radius 2 is 2.07 bits per heavy atom. The number of aliphatic hydroxyl groups excluding tert-OH is 1. The van der Waals surface area contributed by atoms with Crippen LogP contribution in [0.5, 0.6) is 5.75 Å². The minimum atomic E-state index is -1.08. The van der Waals surface area contributed by atoms with Gasteiger partial charge >= 0.3 is 0 Å². The summed E-state index contributed by atoms with van der Waals surface area (Å²) in [7, 11) is 0. The fraction of sp³-hybridized carbons (Fsp3) is 0.250. The molecule has 1 aromatic carbocycles. The summed E-state index contributed by atoms with van der Waals surface area (Å²) in [5.41, 5.74) is 5.02. The molecule has 0 aromatic heterocycles. The molecule has 0 unspecified atom stereocenters. The number of rotatable bonds is 2. The molecular weight excluding hydrogens is 260 g/mol. The van der Waals surface area contributed by atoms with Gasteiger partial charge < -0.3 is 15.9 Å². The van der Waals surface area contributed by atoms with Gasteiger partial charge in [0.25, 0.3) is 0 Å². The van der Waals surface area contributed by atoms with Gasteiger partial charge in [0.15, 0.2) is 0 Å². The summed E-state index contributed by atoms with van der Waals surface area (Å²) in [6.45, 7) is -0.539. The molecule has 0 heterocycles. The molecule has 0 aliphatic heterocycles. The highest BCUT2D eigenvalue weighted by molar-refractivity contribution is 9.10. The highest BCUT2D eigenvalue weighted by atomic mass is 79.9. The average molecular weight is 268 g/mol. The van der Waals surface area contributed by atoms with Crippen molar-refractivity contribution < 1.29 is 19.0 Å². The first kappa shape index (κ1) is 11.4. The van der Waals surface area contributed by atoms with Crippen LogP contribution in [-0.4, -0.2) is 16.8 Å². The minimum absolute atomic E-state index is 0.305. The van der Waals surface area contributed by atoms with E-state index >= 15 is 0 Å². The zero-order valence-electron chi connectivity index (χ0n) is 6.97. The van der Waals surface area contributed by atoms with E-state index in [4.69, 9.17) is 10.8 Å². The van der Waals surface area contributed by atoms with Crippen LogP contribution in [0.4, 0.5) is 8.78 Å². The summed E-state index contributed by atoms with van der Waals surface area (Å²) in [6, 6.07) is -0.343. The average Bonchev–Trinajstić information content (AvgIpc) is 2.14. The van der Waals surface area contributed by atoms with Gasteiger partial charge in [-0.3, -0.25) is 0 Å². The van der Waals surface area contributed by atoms with Gasteiger partial charge in [-0.1, -0.05) is 0 Å². The maximum absolute atomic E-state index is 13.3. The molecule has 1 aromatic rings. The summed E-state index contributed by atoms with van der Waals surface area (Å²) in [5.74, 6) is -2.53. The fourth-order valence-corrected chi connectivity index (χ4v) is 1.37. The summed E-state index contributed by atoms with van der Waals surface area (Å²) in [5, 5.41) is 17.9. The topological polar surface area (TPSA) is 66.5 Å². The number of hydrogen-bond donors (Lipinski definition) is 3. The fourth-order valence-electron chi connectivity index (χ4n) is 1.04. The largest absolute Gasteiger partial charge is 0.507 e. The first-order chi connectivity index (χ1) is 6.49. The zero-order chi connectivity index (χ0) is 10.9. The number of nitrogens with two attached hydrogens (primary N) is 1. The molecule has 14 heavy (non-hydrogen) atoms. The Labute approximate surface area is 87.3 Å². The van der Waals surface area contributed by atoms with E-state index in [1.165, 1.54) is 0 Å². The van der Waals surface area contributed by atoms with Crippen molar-refractivity contribution >= 4 is 15.9 Å². The van der Waals surface area contributed by atoms with Gasteiger partial charge in [-0.25, -0.2) is 8.78 Å². The summed E-state index contributed by atoms with van der Waals surface area (Å²) >= 11 is 2.66. The minimum Gasteiger partial charge on any atom is -0.507 e. The summed E-state index contributed by atoms with van der Waals surface area (Å²) in [4.78, 5) is 0. The number of halogens is 3. The molecule has 0 aliphatic carbocycles. The molecule has 0 saturated carbocycles. The van der Waals surface area contributed by atoms with Crippen molar-refractivity contribution in [2.45, 2.75) is 6.04 Å². The quantitative estimate of drug-likeness (QED) is 0.711. The maximum Gasteiger partial charge on any atom is 0.148 e. The van der Waals surface area contributed by atoms with Gasteiger partial charge in [-0.05, 0) is 15.9 Å². The van der Waals surface area contributed by atoms with E-state index in [2.05, 4.69) is 15.9 Å². The van der Waals surface area contributed by atoms with E-state index < -0.39 is 34.5 Å². The number of hydrogen-bond acceptors (Lipinski definition) is 3. The van der Waals surface area contributed by atoms with Crippen molar-refractivity contribution in [3.63, 3.8) is 0 Å². The van der Waals surface area contributed by atoms with Crippen LogP contribution in [-0.2, 0) is 0 Å². The molecule has 4 N–H and O–H groups in total. The van der Waals surface area contributed by atoms with Crippen LogP contribution in [0, 0.1) is 11.6 Å². The summed E-state index contributed by atoms with van der Waals surface area (Å²) in [6.07, 6.45) is 0. The highest BCUT2D eigenvalue weighted by Gasteiger charge is 2.20. The van der Waals surface area contributed by atoms with Gasteiger partial charge in [-0.2, -0.15) is 0 Å². The van der Waals surface area contributed by atoms with Crippen LogP contribution in [0.2, 0.25) is 0 Å². The lowest BCUT2D eigenvalue weighted by atomic mass is 10.1. The van der Waals surface area contributed by atoms with Gasteiger partial charge in [-0.15, -0.1) is 0 Å². The van der Waals surface area contributed by atoms with Gasteiger partial charge in [0.1, 0.15) is 17.4 Å². The Hall–Kier alpha value is -0.720. The lowest BCUT2D eigenvalue weighted by Gasteiger charge is -2.13. The van der Waals surface area contributed by atoms with Crippen LogP contribution in [0.25, 0.3) is 0 Å². The predicted molar refractivity (Wildman–Crippen MR) is 49.7 cm³/mol. The van der Waals surface area contributed by atoms with Crippen LogP contribution < -0.4 is 5.73 Å². The maximum atomic E-state index is 13.3. The third kappa shape index (κ3) is 1.87. The van der Waals surface area contributed by atoms with E-state index in [1.807, 2.05) is 0 Å². The van der Waals surface area contributed by atoms with Crippen molar-refractivity contribution in [3.05, 3.63) is 27.7 Å². The second-order valence-electron chi connectivity index (χ2n) is 2.71. The molecular formula is C8H8BrF2NO2. The van der Waals surface area contributed by atoms with E-state index in [9.17, 15) is 13.9 Å². The SMILES string of the molecule is N[C@@H](CO)c1c(O)cc(F)c(Br)c1F. The van der Waals surface area contributed by atoms with Crippen molar-refractivity contribution in [3.8, 4) is 5.75 Å². The van der Waals surface area contributed by atoms with Crippen molar-refractivity contribution in [1.82, 2.24) is 0 Å². The van der Waals surface area contributed by atoms with Crippen molar-refractivity contribution in [2.24, 2.45) is 5.73 Å². The zero-order valence-corrected chi connectivity index (χ0v) is 8.55. The monoisotopic (exact) mass is 267 g/mol. The van der Waals surface area contributed by atoms with Gasteiger partial charge in [0, 0.05) is 11.6 Å². The van der Waals surface area contributed by atoms with E-state index in [0.29, 0.717) is 0 Å². The molecule has 0 aliphatic rings. The van der Waals surface area contributed by atoms with Gasteiger partial charge in [0.05, 0.1) is 17.1 Å². The Kier molecular flexibility index (Phi) is 3.41. The van der Waals surface area contributed by atoms with E-state index in [0.717, 1.165) is 6.07 Å². The predicted octanol–water partition coefficient (Wildman–Crippen LogP) is 1.42. The molecule has 0 amide bonds. The smallest absolute Gasteiger partial charge is 0.148 e. The first-order valence-electron chi connectivity index (χ1n) is 3.71. The van der Waals surface area contributed by atoms with Crippen molar-refractivity contribution in [2.75, 3.05) is 6.61 Å². The highest BCUT2D eigenvalue weighted by Crippen LogP contribution is 2.32. The second kappa shape index (κ2) is 4.20. The molecule has 1 atom stereocenters. The standard InChI is InChI=1S/C8H8BrF2NO2/c9-7-3(10)1-5(14)6(8(7)11)4(12)2-13/h1,4,13-14H,2,12H2/t4-/m0/s1. The molecule has 0 bridgehead atoms. The Morgan fingerprint density at radius 3 is 2.57 bits per heavy atom. The Bertz CT molecular complexity index is 360. The molecule has 0 spiro atoms. The lowest BCUT2D eigenvalue weighted by molar-refractivity contribution is 0.261.